The molecule has 1 rings (SSSR count). The Labute approximate surface area is 165 Å². The Hall–Kier alpha value is -2.45. The van der Waals surface area contributed by atoms with Gasteiger partial charge in [0.2, 0.25) is 5.91 Å². The van der Waals surface area contributed by atoms with Gasteiger partial charge in [-0.2, -0.15) is 0 Å². The number of carbonyl (C=O) groups is 3. The number of hydrogen-bond donors (Lipinski definition) is 4. The Balaban J connectivity index is 2.05. The van der Waals surface area contributed by atoms with Gasteiger partial charge < -0.3 is 15.2 Å². The minimum Gasteiger partial charge on any atom is -0.481 e. The van der Waals surface area contributed by atoms with Crippen molar-refractivity contribution in [2.24, 2.45) is 0 Å². The summed E-state index contributed by atoms with van der Waals surface area (Å²) in [6.07, 6.45) is 4.14. The van der Waals surface area contributed by atoms with Crippen LogP contribution in [-0.2, 0) is 25.5 Å². The van der Waals surface area contributed by atoms with E-state index in [9.17, 15) is 14.4 Å². The minimum atomic E-state index is -1.08. The van der Waals surface area contributed by atoms with Crippen molar-refractivity contribution in [1.82, 2.24) is 10.8 Å². The van der Waals surface area contributed by atoms with Crippen molar-refractivity contribution in [1.29, 1.82) is 0 Å². The lowest BCUT2D eigenvalue weighted by Gasteiger charge is -2.15. The predicted molar refractivity (Wildman–Crippen MR) is 103 cm³/mol. The summed E-state index contributed by atoms with van der Waals surface area (Å²) in [5.74, 6) is -2.24. The molecule has 1 aromatic rings. The number of nitrogens with one attached hydrogen (secondary N) is 2. The van der Waals surface area contributed by atoms with Gasteiger partial charge in [0.1, 0.15) is 6.04 Å². The van der Waals surface area contributed by atoms with Gasteiger partial charge in [-0.25, -0.2) is 5.48 Å². The lowest BCUT2D eigenvalue weighted by Crippen LogP contribution is -2.46. The highest BCUT2D eigenvalue weighted by atomic mass is 16.5. The van der Waals surface area contributed by atoms with E-state index in [0.29, 0.717) is 19.6 Å². The van der Waals surface area contributed by atoms with Crippen molar-refractivity contribution < 1.29 is 29.4 Å². The Bertz CT molecular complexity index is 594. The fourth-order valence-electron chi connectivity index (χ4n) is 2.67. The third-order valence-corrected chi connectivity index (χ3v) is 4.20. The van der Waals surface area contributed by atoms with Gasteiger partial charge in [-0.1, -0.05) is 36.8 Å². The molecule has 1 atom stereocenters. The molecule has 0 bridgehead atoms. The zero-order chi connectivity index (χ0) is 20.6. The summed E-state index contributed by atoms with van der Waals surface area (Å²) in [5.41, 5.74) is 2.74. The van der Waals surface area contributed by atoms with Crippen LogP contribution in [0.2, 0.25) is 0 Å². The molecule has 0 aliphatic carbocycles. The predicted octanol–water partition coefficient (Wildman–Crippen LogP) is 2.05. The maximum atomic E-state index is 11.9. The number of ether oxygens (including phenoxy) is 1. The number of aryl methyl sites for hydroxylation is 1. The number of carboxylic acid groups (broad SMARTS) is 1. The molecule has 0 aromatic heterocycles. The fraction of sp³-hybridized carbons (Fsp3) is 0.550. The second kappa shape index (κ2) is 14.6. The molecule has 8 nitrogen and oxygen atoms in total. The van der Waals surface area contributed by atoms with Gasteiger partial charge in [0.05, 0.1) is 0 Å². The second-order valence-electron chi connectivity index (χ2n) is 6.54. The highest BCUT2D eigenvalue weighted by molar-refractivity contribution is 5.87. The standard InChI is InChI=1S/C20H30N2O6/c23-18(21-17(20(26)22-27)12-13-19(24)25)11-5-2-6-14-28-15-7-10-16-8-3-1-4-9-16/h1,3-4,8-9,17,27H,2,5-7,10-15H2,(H,21,23)(H,22,26)(H,24,25)/t17-/m1/s1. The molecule has 0 saturated heterocycles. The van der Waals surface area contributed by atoms with Crippen molar-refractivity contribution >= 4 is 17.8 Å². The lowest BCUT2D eigenvalue weighted by atomic mass is 10.1. The van der Waals surface area contributed by atoms with E-state index >= 15 is 0 Å². The average Bonchev–Trinajstić information content (AvgIpc) is 2.69. The molecule has 0 spiro atoms. The van der Waals surface area contributed by atoms with Crippen LogP contribution in [0.1, 0.15) is 50.5 Å². The molecular weight excluding hydrogens is 364 g/mol. The van der Waals surface area contributed by atoms with E-state index in [1.165, 1.54) is 11.0 Å². The van der Waals surface area contributed by atoms with Gasteiger partial charge in [0.25, 0.3) is 5.91 Å². The maximum Gasteiger partial charge on any atom is 0.303 e. The summed E-state index contributed by atoms with van der Waals surface area (Å²) in [7, 11) is 0. The van der Waals surface area contributed by atoms with E-state index in [2.05, 4.69) is 17.4 Å². The monoisotopic (exact) mass is 394 g/mol. The molecule has 2 amide bonds. The van der Waals surface area contributed by atoms with Crippen LogP contribution in [-0.4, -0.2) is 47.4 Å². The molecule has 1 aromatic carbocycles. The molecule has 0 aliphatic rings. The van der Waals surface area contributed by atoms with E-state index in [1.807, 2.05) is 18.2 Å². The SMILES string of the molecule is O=C(O)CC[C@@H](NC(=O)CCCCCOCCCc1ccccc1)C(=O)NO. The molecule has 4 N–H and O–H groups in total. The third-order valence-electron chi connectivity index (χ3n) is 4.20. The number of hydrogen-bond acceptors (Lipinski definition) is 5. The molecule has 156 valence electrons. The first-order chi connectivity index (χ1) is 13.5. The van der Waals surface area contributed by atoms with E-state index in [-0.39, 0.29) is 25.2 Å². The summed E-state index contributed by atoms with van der Waals surface area (Å²) in [5, 5.41) is 19.8. The number of unbranched alkanes of at least 4 members (excludes halogenated alkanes) is 2. The number of carbonyl (C=O) groups excluding carboxylic acids is 2. The second-order valence-corrected chi connectivity index (χ2v) is 6.54. The first-order valence-corrected chi connectivity index (χ1v) is 9.59. The molecule has 0 saturated carbocycles. The van der Waals surface area contributed by atoms with Gasteiger partial charge in [-0.3, -0.25) is 19.6 Å². The number of hydroxylamine groups is 1. The number of carboxylic acids is 1. The van der Waals surface area contributed by atoms with Crippen LogP contribution in [0.3, 0.4) is 0 Å². The van der Waals surface area contributed by atoms with Crippen molar-refractivity contribution in [3.63, 3.8) is 0 Å². The molecule has 0 unspecified atom stereocenters. The van der Waals surface area contributed by atoms with Crippen molar-refractivity contribution in [2.45, 2.75) is 57.4 Å². The number of amides is 2. The highest BCUT2D eigenvalue weighted by Crippen LogP contribution is 2.05. The van der Waals surface area contributed by atoms with Crippen molar-refractivity contribution in [2.75, 3.05) is 13.2 Å². The number of benzene rings is 1. The first-order valence-electron chi connectivity index (χ1n) is 9.59. The summed E-state index contributed by atoms with van der Waals surface area (Å²) in [6, 6.07) is 9.19. The van der Waals surface area contributed by atoms with Crippen LogP contribution in [0.25, 0.3) is 0 Å². The maximum absolute atomic E-state index is 11.9. The third kappa shape index (κ3) is 11.3. The molecular formula is C20H30N2O6. The van der Waals surface area contributed by atoms with Crippen LogP contribution in [0.4, 0.5) is 0 Å². The Morgan fingerprint density at radius 1 is 0.964 bits per heavy atom. The molecule has 0 radical (unpaired) electrons. The quantitative estimate of drug-likeness (QED) is 0.205. The Kier molecular flexibility index (Phi) is 12.3. The first kappa shape index (κ1) is 23.6. The normalized spacial score (nSPS) is 11.6. The average molecular weight is 394 g/mol. The molecule has 8 heteroatoms. The van der Waals surface area contributed by atoms with Crippen molar-refractivity contribution in [3.05, 3.63) is 35.9 Å². The van der Waals surface area contributed by atoms with Gasteiger partial charge in [0, 0.05) is 26.1 Å². The number of rotatable bonds is 15. The zero-order valence-corrected chi connectivity index (χ0v) is 16.1. The van der Waals surface area contributed by atoms with Crippen LogP contribution in [0.15, 0.2) is 30.3 Å². The van der Waals surface area contributed by atoms with Crippen LogP contribution in [0.5, 0.6) is 0 Å². The van der Waals surface area contributed by atoms with E-state index < -0.39 is 17.9 Å². The van der Waals surface area contributed by atoms with Gasteiger partial charge in [-0.15, -0.1) is 0 Å². The molecule has 28 heavy (non-hydrogen) atoms. The van der Waals surface area contributed by atoms with Gasteiger partial charge in [-0.05, 0) is 37.7 Å². The topological polar surface area (TPSA) is 125 Å². The summed E-state index contributed by atoms with van der Waals surface area (Å²) in [4.78, 5) is 33.9. The van der Waals surface area contributed by atoms with Gasteiger partial charge >= 0.3 is 5.97 Å². The Morgan fingerprint density at radius 3 is 2.36 bits per heavy atom. The van der Waals surface area contributed by atoms with E-state index in [1.54, 1.807) is 0 Å². The molecule has 0 aliphatic heterocycles. The van der Waals surface area contributed by atoms with E-state index in [0.717, 1.165) is 25.7 Å². The lowest BCUT2D eigenvalue weighted by molar-refractivity contribution is -0.139. The minimum absolute atomic E-state index is 0.0791. The smallest absolute Gasteiger partial charge is 0.303 e. The number of aliphatic carboxylic acids is 1. The van der Waals surface area contributed by atoms with Crippen LogP contribution < -0.4 is 10.8 Å². The van der Waals surface area contributed by atoms with Crippen LogP contribution >= 0.6 is 0 Å². The largest absolute Gasteiger partial charge is 0.481 e. The van der Waals surface area contributed by atoms with Crippen LogP contribution in [0, 0.1) is 0 Å². The summed E-state index contributed by atoms with van der Waals surface area (Å²) >= 11 is 0. The summed E-state index contributed by atoms with van der Waals surface area (Å²) < 4.78 is 5.59. The summed E-state index contributed by atoms with van der Waals surface area (Å²) in [6.45, 7) is 1.35. The van der Waals surface area contributed by atoms with Gasteiger partial charge in [0.15, 0.2) is 0 Å². The Morgan fingerprint density at radius 2 is 1.68 bits per heavy atom. The zero-order valence-electron chi connectivity index (χ0n) is 16.1. The van der Waals surface area contributed by atoms with E-state index in [4.69, 9.17) is 15.1 Å². The molecule has 0 heterocycles. The highest BCUT2D eigenvalue weighted by Gasteiger charge is 2.21. The molecule has 0 fully saturated rings. The van der Waals surface area contributed by atoms with Crippen molar-refractivity contribution in [3.8, 4) is 0 Å². The fourth-order valence-corrected chi connectivity index (χ4v) is 2.67.